The Morgan fingerprint density at radius 2 is 1.80 bits per heavy atom. The molecule has 0 amide bonds. The van der Waals surface area contributed by atoms with Crippen LogP contribution in [0.5, 0.6) is 0 Å². The van der Waals surface area contributed by atoms with Crippen molar-refractivity contribution in [3.8, 4) is 0 Å². The molecule has 3 nitrogen and oxygen atoms in total. The first kappa shape index (κ1) is 12.2. The number of benzene rings is 1. The van der Waals surface area contributed by atoms with Gasteiger partial charge in [-0.15, -0.1) is 0 Å². The molecule has 0 saturated heterocycles. The minimum atomic E-state index is -0.920. The maximum Gasteiger partial charge on any atom is 0.105 e. The summed E-state index contributed by atoms with van der Waals surface area (Å²) in [6.07, 6.45) is -1.64. The summed E-state index contributed by atoms with van der Waals surface area (Å²) in [5.41, 5.74) is 2.93. The lowest BCUT2D eigenvalue weighted by atomic mass is 9.98. The van der Waals surface area contributed by atoms with Gasteiger partial charge in [0.15, 0.2) is 0 Å². The molecule has 1 rings (SSSR count). The van der Waals surface area contributed by atoms with Crippen LogP contribution >= 0.6 is 0 Å². The molecule has 0 bridgehead atoms. The molecule has 0 saturated carbocycles. The van der Waals surface area contributed by atoms with Gasteiger partial charge in [0.2, 0.25) is 0 Å². The van der Waals surface area contributed by atoms with E-state index in [-0.39, 0.29) is 13.0 Å². The second-order valence-corrected chi connectivity index (χ2v) is 3.87. The second-order valence-electron chi connectivity index (χ2n) is 3.87. The van der Waals surface area contributed by atoms with Gasteiger partial charge in [0.25, 0.3) is 0 Å². The molecule has 1 aromatic carbocycles. The van der Waals surface area contributed by atoms with Gasteiger partial charge in [-0.3, -0.25) is 0 Å². The van der Waals surface area contributed by atoms with Crippen molar-refractivity contribution in [1.82, 2.24) is 0 Å². The van der Waals surface area contributed by atoms with Crippen LogP contribution in [0.4, 0.5) is 0 Å². The molecule has 3 N–H and O–H groups in total. The second kappa shape index (κ2) is 5.26. The van der Waals surface area contributed by atoms with Gasteiger partial charge in [-0.25, -0.2) is 0 Å². The molecule has 2 atom stereocenters. The summed E-state index contributed by atoms with van der Waals surface area (Å²) in [6, 6.07) is 5.58. The lowest BCUT2D eigenvalue weighted by molar-refractivity contribution is 0.00419. The maximum absolute atomic E-state index is 9.77. The molecule has 0 aromatic heterocycles. The number of aliphatic hydroxyl groups excluding tert-OH is 3. The SMILES string of the molecule is Cc1ccc(C(O)C(O)CCO)cc1C. The molecule has 0 aliphatic heterocycles. The molecule has 84 valence electrons. The van der Waals surface area contributed by atoms with Crippen molar-refractivity contribution in [2.24, 2.45) is 0 Å². The van der Waals surface area contributed by atoms with Crippen molar-refractivity contribution in [1.29, 1.82) is 0 Å². The topological polar surface area (TPSA) is 60.7 Å². The molecule has 0 fully saturated rings. The third-order valence-corrected chi connectivity index (χ3v) is 2.66. The van der Waals surface area contributed by atoms with E-state index in [0.717, 1.165) is 11.1 Å². The smallest absolute Gasteiger partial charge is 0.105 e. The van der Waals surface area contributed by atoms with Crippen molar-refractivity contribution >= 4 is 0 Å². The number of aryl methyl sites for hydroxylation is 2. The molecule has 1 aromatic rings. The first-order valence-electron chi connectivity index (χ1n) is 5.10. The quantitative estimate of drug-likeness (QED) is 0.697. The van der Waals surface area contributed by atoms with Crippen molar-refractivity contribution in [2.75, 3.05) is 6.61 Å². The Hall–Kier alpha value is -0.900. The highest BCUT2D eigenvalue weighted by molar-refractivity contribution is 5.31. The van der Waals surface area contributed by atoms with Gasteiger partial charge in [-0.05, 0) is 37.0 Å². The van der Waals surface area contributed by atoms with Crippen LogP contribution in [0.3, 0.4) is 0 Å². The van der Waals surface area contributed by atoms with E-state index in [0.29, 0.717) is 5.56 Å². The van der Waals surface area contributed by atoms with Gasteiger partial charge in [0.1, 0.15) is 6.10 Å². The molecule has 0 aliphatic rings. The van der Waals surface area contributed by atoms with Crippen LogP contribution in [0.15, 0.2) is 18.2 Å². The first-order valence-corrected chi connectivity index (χ1v) is 5.10. The molecular formula is C12H18O3. The third-order valence-electron chi connectivity index (χ3n) is 2.66. The standard InChI is InChI=1S/C12H18O3/c1-8-3-4-10(7-9(8)2)12(15)11(14)5-6-13/h3-4,7,11-15H,5-6H2,1-2H3. The Morgan fingerprint density at radius 1 is 1.13 bits per heavy atom. The number of aliphatic hydroxyl groups is 3. The highest BCUT2D eigenvalue weighted by atomic mass is 16.3. The minimum absolute atomic E-state index is 0.122. The summed E-state index contributed by atoms with van der Waals surface area (Å²) in [5.74, 6) is 0. The highest BCUT2D eigenvalue weighted by Crippen LogP contribution is 2.21. The van der Waals surface area contributed by atoms with Crippen LogP contribution in [0, 0.1) is 13.8 Å². The minimum Gasteiger partial charge on any atom is -0.396 e. The van der Waals surface area contributed by atoms with E-state index >= 15 is 0 Å². The normalized spacial score (nSPS) is 15.0. The van der Waals surface area contributed by atoms with Crippen molar-refractivity contribution in [3.63, 3.8) is 0 Å². The fourth-order valence-electron chi connectivity index (χ4n) is 1.46. The van der Waals surface area contributed by atoms with Crippen molar-refractivity contribution in [3.05, 3.63) is 34.9 Å². The summed E-state index contributed by atoms with van der Waals surface area (Å²) >= 11 is 0. The van der Waals surface area contributed by atoms with Gasteiger partial charge < -0.3 is 15.3 Å². The maximum atomic E-state index is 9.77. The fourth-order valence-corrected chi connectivity index (χ4v) is 1.46. The number of hydrogen-bond donors (Lipinski definition) is 3. The summed E-state index contributed by atoms with van der Waals surface area (Å²) < 4.78 is 0. The average molecular weight is 210 g/mol. The van der Waals surface area contributed by atoms with Gasteiger partial charge in [0, 0.05) is 6.61 Å². The first-order chi connectivity index (χ1) is 7.06. The van der Waals surface area contributed by atoms with Gasteiger partial charge >= 0.3 is 0 Å². The van der Waals surface area contributed by atoms with Crippen molar-refractivity contribution < 1.29 is 15.3 Å². The van der Waals surface area contributed by atoms with Crippen LogP contribution in [0.2, 0.25) is 0 Å². The Balaban J connectivity index is 2.81. The Morgan fingerprint density at radius 3 is 2.33 bits per heavy atom. The van der Waals surface area contributed by atoms with E-state index < -0.39 is 12.2 Å². The Bertz CT molecular complexity index is 323. The summed E-state index contributed by atoms with van der Waals surface area (Å²) in [4.78, 5) is 0. The Kier molecular flexibility index (Phi) is 4.27. The predicted molar refractivity (Wildman–Crippen MR) is 58.6 cm³/mol. The molecule has 15 heavy (non-hydrogen) atoms. The highest BCUT2D eigenvalue weighted by Gasteiger charge is 2.17. The van der Waals surface area contributed by atoms with Crippen LogP contribution in [-0.2, 0) is 0 Å². The Labute approximate surface area is 90.0 Å². The lowest BCUT2D eigenvalue weighted by Crippen LogP contribution is -2.19. The van der Waals surface area contributed by atoms with E-state index in [1.807, 2.05) is 26.0 Å². The zero-order chi connectivity index (χ0) is 11.4. The van der Waals surface area contributed by atoms with Crippen LogP contribution in [0.1, 0.15) is 29.2 Å². The van der Waals surface area contributed by atoms with Gasteiger partial charge in [-0.1, -0.05) is 18.2 Å². The van der Waals surface area contributed by atoms with E-state index in [4.69, 9.17) is 5.11 Å². The zero-order valence-corrected chi connectivity index (χ0v) is 9.14. The van der Waals surface area contributed by atoms with Crippen LogP contribution < -0.4 is 0 Å². The van der Waals surface area contributed by atoms with Gasteiger partial charge in [0.05, 0.1) is 6.10 Å². The summed E-state index contributed by atoms with van der Waals surface area (Å²) in [5, 5.41) is 28.0. The van der Waals surface area contributed by atoms with E-state index in [2.05, 4.69) is 0 Å². The molecule has 0 heterocycles. The summed E-state index contributed by atoms with van der Waals surface area (Å²) in [7, 11) is 0. The van der Waals surface area contributed by atoms with Crippen LogP contribution in [-0.4, -0.2) is 28.0 Å². The largest absolute Gasteiger partial charge is 0.396 e. The molecule has 2 unspecified atom stereocenters. The molecular weight excluding hydrogens is 192 g/mol. The molecule has 0 aliphatic carbocycles. The van der Waals surface area contributed by atoms with Crippen LogP contribution in [0.25, 0.3) is 0 Å². The lowest BCUT2D eigenvalue weighted by Gasteiger charge is -2.18. The monoisotopic (exact) mass is 210 g/mol. The van der Waals surface area contributed by atoms with E-state index in [9.17, 15) is 10.2 Å². The zero-order valence-electron chi connectivity index (χ0n) is 9.14. The summed E-state index contributed by atoms with van der Waals surface area (Å²) in [6.45, 7) is 3.84. The van der Waals surface area contributed by atoms with Crippen molar-refractivity contribution in [2.45, 2.75) is 32.5 Å². The number of rotatable bonds is 4. The average Bonchev–Trinajstić information content (AvgIpc) is 2.21. The molecule has 0 radical (unpaired) electrons. The van der Waals surface area contributed by atoms with E-state index in [1.165, 1.54) is 0 Å². The third kappa shape index (κ3) is 3.02. The predicted octanol–water partition coefficient (Wildman–Crippen LogP) is 1.08. The fraction of sp³-hybridized carbons (Fsp3) is 0.500. The molecule has 0 spiro atoms. The molecule has 3 heteroatoms. The number of hydrogen-bond acceptors (Lipinski definition) is 3. The van der Waals surface area contributed by atoms with E-state index in [1.54, 1.807) is 6.07 Å². The van der Waals surface area contributed by atoms with Gasteiger partial charge in [-0.2, -0.15) is 0 Å².